The molecule has 2 aromatic heterocycles. The van der Waals surface area contributed by atoms with E-state index in [-0.39, 0.29) is 17.2 Å². The zero-order chi connectivity index (χ0) is 17.1. The fraction of sp³-hybridized carbons (Fsp3) is 0.412. The largest absolute Gasteiger partial charge is 0.269 e. The van der Waals surface area contributed by atoms with E-state index < -0.39 is 17.8 Å². The molecular weight excluding hydrogens is 314 g/mol. The maximum absolute atomic E-state index is 13.5. The molecule has 2 fully saturated rings. The lowest BCUT2D eigenvalue weighted by atomic mass is 10.0. The first-order chi connectivity index (χ1) is 11.4. The Morgan fingerprint density at radius 1 is 1.33 bits per heavy atom. The van der Waals surface area contributed by atoms with Crippen LogP contribution in [-0.4, -0.2) is 20.5 Å². The minimum absolute atomic E-state index is 0.164. The molecule has 0 aliphatic heterocycles. The highest BCUT2D eigenvalue weighted by atomic mass is 19.3. The predicted octanol–water partition coefficient (Wildman–Crippen LogP) is 2.57. The van der Waals surface area contributed by atoms with Crippen molar-refractivity contribution in [3.63, 3.8) is 0 Å². The Morgan fingerprint density at radius 3 is 2.62 bits per heavy atom. The van der Waals surface area contributed by atoms with Crippen LogP contribution in [0.5, 0.6) is 0 Å². The molecule has 0 N–H and O–H groups in total. The van der Waals surface area contributed by atoms with Crippen LogP contribution in [0.2, 0.25) is 0 Å². The monoisotopic (exact) mass is 328 g/mol. The number of aromatic nitrogens is 3. The molecule has 1 unspecified atom stereocenters. The normalized spacial score (nSPS) is 26.7. The fourth-order valence-electron chi connectivity index (χ4n) is 3.76. The Hall–Kier alpha value is -2.62. The number of hydrogen-bond donors (Lipinski definition) is 0. The third kappa shape index (κ3) is 2.13. The van der Waals surface area contributed by atoms with Gasteiger partial charge in [-0.05, 0) is 31.9 Å². The highest BCUT2D eigenvalue weighted by molar-refractivity contribution is 5.36. The number of nitrogens with zero attached hydrogens (tertiary/aromatic N) is 4. The van der Waals surface area contributed by atoms with Crippen LogP contribution >= 0.6 is 0 Å². The van der Waals surface area contributed by atoms with E-state index >= 15 is 0 Å². The number of nitriles is 1. The van der Waals surface area contributed by atoms with Crippen molar-refractivity contribution in [1.82, 2.24) is 14.5 Å². The maximum atomic E-state index is 13.5. The Balaban J connectivity index is 1.77. The van der Waals surface area contributed by atoms with Crippen LogP contribution in [0.3, 0.4) is 0 Å². The van der Waals surface area contributed by atoms with Crippen molar-refractivity contribution in [2.75, 3.05) is 0 Å². The fourth-order valence-corrected chi connectivity index (χ4v) is 3.76. The highest BCUT2D eigenvalue weighted by Gasteiger charge is 2.71. The summed E-state index contributed by atoms with van der Waals surface area (Å²) in [7, 11) is 0. The molecule has 2 heterocycles. The highest BCUT2D eigenvalue weighted by Crippen LogP contribution is 2.67. The van der Waals surface area contributed by atoms with Gasteiger partial charge in [0.1, 0.15) is 17.6 Å². The van der Waals surface area contributed by atoms with Gasteiger partial charge in [-0.2, -0.15) is 5.26 Å². The molecule has 24 heavy (non-hydrogen) atoms. The number of fused-ring (bicyclic) bond motifs is 1. The second-order valence-corrected chi connectivity index (χ2v) is 6.50. The van der Waals surface area contributed by atoms with Crippen molar-refractivity contribution in [2.45, 2.75) is 31.6 Å². The molecule has 2 saturated carbocycles. The number of alkyl halides is 2. The average Bonchev–Trinajstić information content (AvgIpc) is 2.91. The summed E-state index contributed by atoms with van der Waals surface area (Å²) in [5.74, 6) is -3.39. The summed E-state index contributed by atoms with van der Waals surface area (Å²) in [6.07, 6.45) is 2.12. The number of halogens is 2. The molecule has 7 heteroatoms. The van der Waals surface area contributed by atoms with Crippen LogP contribution < -0.4 is 5.56 Å². The van der Waals surface area contributed by atoms with Gasteiger partial charge in [0.2, 0.25) is 0 Å². The molecule has 4 rings (SSSR count). The van der Waals surface area contributed by atoms with Gasteiger partial charge in [0.05, 0.1) is 11.9 Å². The van der Waals surface area contributed by atoms with Crippen molar-refractivity contribution in [3.8, 4) is 11.8 Å². The molecule has 2 aliphatic carbocycles. The Kier molecular flexibility index (Phi) is 3.07. The minimum atomic E-state index is -2.55. The Bertz CT molecular complexity index is 900. The lowest BCUT2D eigenvalue weighted by Crippen LogP contribution is -2.26. The summed E-state index contributed by atoms with van der Waals surface area (Å²) in [6, 6.07) is 6.47. The summed E-state index contributed by atoms with van der Waals surface area (Å²) in [5.41, 5.74) is 1.04. The standard InChI is InChI=1S/C17H14F2N4O/c1-9-4-15(24)23(12-3-2-11(7-20)21-8-12)16(22-9)10-5-13-14(6-10)17(13,18)19/h2-4,8,10,13-14H,5-6H2,1H3/t10?,13-,14+. The zero-order valence-corrected chi connectivity index (χ0v) is 12.9. The minimum Gasteiger partial charge on any atom is -0.269 e. The van der Waals surface area contributed by atoms with Crippen LogP contribution in [-0.2, 0) is 0 Å². The van der Waals surface area contributed by atoms with E-state index in [2.05, 4.69) is 9.97 Å². The van der Waals surface area contributed by atoms with E-state index in [9.17, 15) is 13.6 Å². The van der Waals surface area contributed by atoms with E-state index in [1.807, 2.05) is 6.07 Å². The molecule has 0 aromatic carbocycles. The van der Waals surface area contributed by atoms with Crippen molar-refractivity contribution < 1.29 is 8.78 Å². The van der Waals surface area contributed by atoms with Gasteiger partial charge in [0.15, 0.2) is 0 Å². The van der Waals surface area contributed by atoms with Gasteiger partial charge >= 0.3 is 0 Å². The smallest absolute Gasteiger partial charge is 0.258 e. The van der Waals surface area contributed by atoms with Crippen LogP contribution in [0.25, 0.3) is 5.69 Å². The number of hydrogen-bond acceptors (Lipinski definition) is 4. The van der Waals surface area contributed by atoms with E-state index in [0.29, 0.717) is 30.0 Å². The topological polar surface area (TPSA) is 71.6 Å². The number of pyridine rings is 1. The molecular formula is C17H14F2N4O. The van der Waals surface area contributed by atoms with Crippen LogP contribution in [0.4, 0.5) is 8.78 Å². The van der Waals surface area contributed by atoms with Crippen molar-refractivity contribution in [3.05, 3.63) is 52.0 Å². The number of aryl methyl sites for hydroxylation is 1. The van der Waals surface area contributed by atoms with Crippen molar-refractivity contribution >= 4 is 0 Å². The van der Waals surface area contributed by atoms with E-state index in [4.69, 9.17) is 5.26 Å². The van der Waals surface area contributed by atoms with Gasteiger partial charge in [-0.25, -0.2) is 18.7 Å². The molecule has 0 radical (unpaired) electrons. The van der Waals surface area contributed by atoms with Gasteiger partial charge in [-0.15, -0.1) is 0 Å². The third-order valence-corrected chi connectivity index (χ3v) is 5.00. The first-order valence-electron chi connectivity index (χ1n) is 7.76. The van der Waals surface area contributed by atoms with Gasteiger partial charge in [-0.1, -0.05) is 0 Å². The predicted molar refractivity (Wildman–Crippen MR) is 81.0 cm³/mol. The van der Waals surface area contributed by atoms with Crippen LogP contribution in [0, 0.1) is 30.1 Å². The SMILES string of the molecule is Cc1cc(=O)n(-c2ccc(C#N)nc2)c(C2C[C@@H]3[C@H](C2)C3(F)F)n1. The molecule has 0 spiro atoms. The summed E-state index contributed by atoms with van der Waals surface area (Å²) in [4.78, 5) is 20.9. The number of rotatable bonds is 2. The van der Waals surface area contributed by atoms with Crippen LogP contribution in [0.15, 0.2) is 29.2 Å². The van der Waals surface area contributed by atoms with Gasteiger partial charge in [-0.3, -0.25) is 9.36 Å². The van der Waals surface area contributed by atoms with Gasteiger partial charge in [0.25, 0.3) is 11.5 Å². The summed E-state index contributed by atoms with van der Waals surface area (Å²) in [6.45, 7) is 1.72. The average molecular weight is 328 g/mol. The van der Waals surface area contributed by atoms with E-state index in [0.717, 1.165) is 0 Å². The molecule has 0 saturated heterocycles. The first kappa shape index (κ1) is 14.9. The Morgan fingerprint density at radius 2 is 2.04 bits per heavy atom. The van der Waals surface area contributed by atoms with Crippen molar-refractivity contribution in [1.29, 1.82) is 5.26 Å². The van der Waals surface area contributed by atoms with Gasteiger partial charge < -0.3 is 0 Å². The summed E-state index contributed by atoms with van der Waals surface area (Å²) in [5, 5.41) is 8.84. The quantitative estimate of drug-likeness (QED) is 0.849. The molecule has 2 aliphatic rings. The summed E-state index contributed by atoms with van der Waals surface area (Å²) < 4.78 is 28.4. The maximum Gasteiger partial charge on any atom is 0.258 e. The van der Waals surface area contributed by atoms with Crippen LogP contribution in [0.1, 0.15) is 36.0 Å². The van der Waals surface area contributed by atoms with E-state index in [1.165, 1.54) is 22.9 Å². The second-order valence-electron chi connectivity index (χ2n) is 6.50. The third-order valence-electron chi connectivity index (χ3n) is 5.00. The molecule has 3 atom stereocenters. The molecule has 0 bridgehead atoms. The lowest BCUT2D eigenvalue weighted by Gasteiger charge is -2.19. The first-order valence-corrected chi connectivity index (χ1v) is 7.76. The molecule has 0 amide bonds. The Labute approximate surface area is 136 Å². The second kappa shape index (κ2) is 4.94. The molecule has 2 aromatic rings. The summed E-state index contributed by atoms with van der Waals surface area (Å²) >= 11 is 0. The molecule has 5 nitrogen and oxygen atoms in total. The zero-order valence-electron chi connectivity index (χ0n) is 12.9. The lowest BCUT2D eigenvalue weighted by molar-refractivity contribution is 0.0689. The van der Waals surface area contributed by atoms with Gasteiger partial charge in [0, 0.05) is 29.5 Å². The molecule has 122 valence electrons. The van der Waals surface area contributed by atoms with E-state index in [1.54, 1.807) is 13.0 Å². The van der Waals surface area contributed by atoms with Crippen molar-refractivity contribution in [2.24, 2.45) is 11.8 Å².